The molecule has 0 saturated heterocycles. The van der Waals surface area contributed by atoms with Crippen molar-refractivity contribution in [1.29, 1.82) is 0 Å². The van der Waals surface area contributed by atoms with Gasteiger partial charge >= 0.3 is 0 Å². The molecule has 0 heterocycles. The van der Waals surface area contributed by atoms with Crippen molar-refractivity contribution in [2.45, 2.75) is 57.9 Å². The van der Waals surface area contributed by atoms with Crippen molar-refractivity contribution in [3.63, 3.8) is 0 Å². The zero-order valence-corrected chi connectivity index (χ0v) is 12.1. The van der Waals surface area contributed by atoms with Crippen LogP contribution in [0.4, 0.5) is 0 Å². The normalized spacial score (nSPS) is 45.4. The van der Waals surface area contributed by atoms with E-state index in [4.69, 9.17) is 5.73 Å². The maximum absolute atomic E-state index is 12.4. The van der Waals surface area contributed by atoms with Crippen LogP contribution in [0.1, 0.15) is 51.9 Å². The molecule has 0 aliphatic heterocycles. The molecule has 0 spiro atoms. The third-order valence-corrected chi connectivity index (χ3v) is 5.89. The Kier molecular flexibility index (Phi) is 3.84. The Bertz CT molecular complexity index is 342. The van der Waals surface area contributed by atoms with Crippen LogP contribution in [-0.4, -0.2) is 18.5 Å². The van der Waals surface area contributed by atoms with E-state index in [1.165, 1.54) is 44.9 Å². The molecular weight excluding hydrogens is 236 g/mol. The molecule has 6 unspecified atom stereocenters. The van der Waals surface area contributed by atoms with E-state index in [0.717, 1.165) is 12.5 Å². The molecule has 108 valence electrons. The summed E-state index contributed by atoms with van der Waals surface area (Å²) in [4.78, 5) is 12.4. The van der Waals surface area contributed by atoms with E-state index < -0.39 is 0 Å². The number of carbonyl (C=O) groups is 1. The van der Waals surface area contributed by atoms with E-state index in [-0.39, 0.29) is 17.9 Å². The minimum Gasteiger partial charge on any atom is -0.356 e. The first-order valence-corrected chi connectivity index (χ1v) is 8.18. The first kappa shape index (κ1) is 13.4. The number of rotatable bonds is 3. The topological polar surface area (TPSA) is 55.1 Å². The molecule has 6 atom stereocenters. The Morgan fingerprint density at radius 2 is 1.95 bits per heavy atom. The van der Waals surface area contributed by atoms with Gasteiger partial charge in [-0.3, -0.25) is 4.79 Å². The highest BCUT2D eigenvalue weighted by Gasteiger charge is 2.48. The van der Waals surface area contributed by atoms with E-state index in [1.54, 1.807) is 0 Å². The molecule has 3 aliphatic rings. The van der Waals surface area contributed by atoms with Crippen molar-refractivity contribution >= 4 is 5.91 Å². The van der Waals surface area contributed by atoms with Gasteiger partial charge in [0, 0.05) is 12.6 Å². The minimum atomic E-state index is 0.111. The van der Waals surface area contributed by atoms with Gasteiger partial charge in [0.05, 0.1) is 5.92 Å². The molecule has 3 heteroatoms. The van der Waals surface area contributed by atoms with Crippen LogP contribution in [0.3, 0.4) is 0 Å². The fourth-order valence-corrected chi connectivity index (χ4v) is 4.83. The van der Waals surface area contributed by atoms with Crippen molar-refractivity contribution < 1.29 is 4.79 Å². The number of fused-ring (bicyclic) bond motifs is 2. The summed E-state index contributed by atoms with van der Waals surface area (Å²) in [7, 11) is 0. The van der Waals surface area contributed by atoms with E-state index in [9.17, 15) is 4.79 Å². The third kappa shape index (κ3) is 2.67. The summed E-state index contributed by atoms with van der Waals surface area (Å²) in [6.45, 7) is 3.21. The summed E-state index contributed by atoms with van der Waals surface area (Å²) in [5.41, 5.74) is 6.24. The predicted molar refractivity (Wildman–Crippen MR) is 76.4 cm³/mol. The van der Waals surface area contributed by atoms with Crippen LogP contribution in [0.2, 0.25) is 0 Å². The zero-order chi connectivity index (χ0) is 13.4. The highest BCUT2D eigenvalue weighted by molar-refractivity contribution is 5.80. The molecule has 3 aliphatic carbocycles. The van der Waals surface area contributed by atoms with E-state index in [2.05, 4.69) is 12.2 Å². The number of hydrogen-bond acceptors (Lipinski definition) is 2. The van der Waals surface area contributed by atoms with Crippen LogP contribution in [0.25, 0.3) is 0 Å². The lowest BCUT2D eigenvalue weighted by molar-refractivity contribution is -0.127. The van der Waals surface area contributed by atoms with Crippen LogP contribution in [0.5, 0.6) is 0 Å². The highest BCUT2D eigenvalue weighted by Crippen LogP contribution is 2.47. The maximum Gasteiger partial charge on any atom is 0.224 e. The van der Waals surface area contributed by atoms with E-state index in [1.807, 2.05) is 0 Å². The lowest BCUT2D eigenvalue weighted by Crippen LogP contribution is -2.46. The van der Waals surface area contributed by atoms with Gasteiger partial charge in [-0.2, -0.15) is 0 Å². The average molecular weight is 264 g/mol. The van der Waals surface area contributed by atoms with E-state index >= 15 is 0 Å². The summed E-state index contributed by atoms with van der Waals surface area (Å²) in [5.74, 6) is 3.08. The Morgan fingerprint density at radius 3 is 2.63 bits per heavy atom. The van der Waals surface area contributed by atoms with Gasteiger partial charge in [0.2, 0.25) is 5.91 Å². The van der Waals surface area contributed by atoms with Crippen molar-refractivity contribution in [1.82, 2.24) is 5.32 Å². The summed E-state index contributed by atoms with van der Waals surface area (Å²) < 4.78 is 0. The fourth-order valence-electron chi connectivity index (χ4n) is 4.83. The Labute approximate surface area is 116 Å². The average Bonchev–Trinajstić information content (AvgIpc) is 2.97. The molecule has 0 aromatic carbocycles. The van der Waals surface area contributed by atoms with Crippen molar-refractivity contribution in [2.75, 3.05) is 6.54 Å². The number of amides is 1. The van der Waals surface area contributed by atoms with Gasteiger partial charge in [-0.15, -0.1) is 0 Å². The molecule has 3 nitrogen and oxygen atoms in total. The van der Waals surface area contributed by atoms with E-state index in [0.29, 0.717) is 17.8 Å². The van der Waals surface area contributed by atoms with Crippen LogP contribution >= 0.6 is 0 Å². The smallest absolute Gasteiger partial charge is 0.224 e. The Morgan fingerprint density at radius 1 is 1.16 bits per heavy atom. The van der Waals surface area contributed by atoms with Crippen LogP contribution < -0.4 is 11.1 Å². The molecule has 0 aromatic rings. The van der Waals surface area contributed by atoms with Crippen molar-refractivity contribution in [2.24, 2.45) is 35.3 Å². The number of carbonyl (C=O) groups excluding carboxylic acids is 1. The molecule has 1 amide bonds. The van der Waals surface area contributed by atoms with Gasteiger partial charge in [0.1, 0.15) is 0 Å². The first-order valence-electron chi connectivity index (χ1n) is 8.18. The zero-order valence-electron chi connectivity index (χ0n) is 12.1. The monoisotopic (exact) mass is 264 g/mol. The van der Waals surface area contributed by atoms with Crippen molar-refractivity contribution in [3.05, 3.63) is 0 Å². The summed E-state index contributed by atoms with van der Waals surface area (Å²) in [6, 6.07) is 0.129. The second-order valence-corrected chi connectivity index (χ2v) is 7.32. The molecular formula is C16H28N2O. The molecule has 3 saturated carbocycles. The second kappa shape index (κ2) is 5.43. The largest absolute Gasteiger partial charge is 0.356 e. The summed E-state index contributed by atoms with van der Waals surface area (Å²) in [5, 5.41) is 3.21. The van der Waals surface area contributed by atoms with Gasteiger partial charge < -0.3 is 11.1 Å². The highest BCUT2D eigenvalue weighted by atomic mass is 16.1. The number of nitrogens with one attached hydrogen (secondary N) is 1. The number of hydrogen-bond donors (Lipinski definition) is 2. The van der Waals surface area contributed by atoms with Gasteiger partial charge in [0.25, 0.3) is 0 Å². The maximum atomic E-state index is 12.4. The predicted octanol–water partition coefficient (Wildman–Crippen LogP) is 2.30. The molecule has 3 fully saturated rings. The molecule has 0 aromatic heterocycles. The Balaban J connectivity index is 1.49. The third-order valence-electron chi connectivity index (χ3n) is 5.89. The number of nitrogens with two attached hydrogens (primary N) is 1. The molecule has 0 radical (unpaired) electrons. The summed E-state index contributed by atoms with van der Waals surface area (Å²) in [6.07, 6.45) is 8.92. The van der Waals surface area contributed by atoms with Gasteiger partial charge in [-0.25, -0.2) is 0 Å². The fraction of sp³-hybridized carbons (Fsp3) is 0.938. The van der Waals surface area contributed by atoms with Crippen LogP contribution in [-0.2, 0) is 4.79 Å². The van der Waals surface area contributed by atoms with Crippen LogP contribution in [0.15, 0.2) is 0 Å². The first-order chi connectivity index (χ1) is 9.15. The molecule has 3 rings (SSSR count). The van der Waals surface area contributed by atoms with Gasteiger partial charge in [0.15, 0.2) is 0 Å². The lowest BCUT2D eigenvalue weighted by Gasteiger charge is -2.30. The molecule has 3 N–H and O–H groups in total. The second-order valence-electron chi connectivity index (χ2n) is 7.32. The van der Waals surface area contributed by atoms with Crippen LogP contribution in [0, 0.1) is 29.6 Å². The van der Waals surface area contributed by atoms with Crippen molar-refractivity contribution in [3.8, 4) is 0 Å². The quantitative estimate of drug-likeness (QED) is 0.822. The van der Waals surface area contributed by atoms with Gasteiger partial charge in [-0.1, -0.05) is 19.8 Å². The standard InChI is InChI=1S/C16H28N2O/c1-10-3-2-4-11(7-10)9-18-16(19)14-12-5-6-13(8-12)15(14)17/h10-15H,2-9,17H2,1H3,(H,18,19). The molecule has 2 bridgehead atoms. The Hall–Kier alpha value is -0.570. The molecule has 19 heavy (non-hydrogen) atoms. The van der Waals surface area contributed by atoms with Gasteiger partial charge in [-0.05, 0) is 55.8 Å². The SMILES string of the molecule is CC1CCCC(CNC(=O)C2C3CCC(C3)C2N)C1. The summed E-state index contributed by atoms with van der Waals surface area (Å²) >= 11 is 0. The minimum absolute atomic E-state index is 0.111. The lowest BCUT2D eigenvalue weighted by atomic mass is 9.81.